The van der Waals surface area contributed by atoms with Gasteiger partial charge in [-0.05, 0) is 44.2 Å². The number of thioether (sulfide) groups is 1. The smallest absolute Gasteiger partial charge is 0.417 e. The number of esters is 1. The van der Waals surface area contributed by atoms with Crippen molar-refractivity contribution in [2.24, 2.45) is 5.92 Å². The standard InChI is InChI=1S/C27H32N2O5S/c1-3-33-26(31)22-17-35-23(28-22)15-14-21(16-19-10-6-4-7-11-19)25(30)29-18(2)24(34-27(29)32)20-12-8-5-9-13-20/h4-13,18,21-24,28H,3,14-17H2,1-2H3/t18-,21-,22+,23-,24-/m0/s1. The molecule has 0 aromatic heterocycles. The minimum absolute atomic E-state index is 0.0514. The maximum absolute atomic E-state index is 13.7. The van der Waals surface area contributed by atoms with Gasteiger partial charge in [0.2, 0.25) is 5.91 Å². The SMILES string of the molecule is CCOC(=O)[C@H]1CS[C@@H](CC[C@@H](Cc2ccccc2)C(=O)N2C(=O)O[C@H](c3ccccc3)[C@@H]2C)N1. The Bertz CT molecular complexity index is 1020. The van der Waals surface area contributed by atoms with E-state index in [0.717, 1.165) is 11.1 Å². The number of hydrogen-bond donors (Lipinski definition) is 1. The predicted molar refractivity (Wildman–Crippen MR) is 135 cm³/mol. The van der Waals surface area contributed by atoms with Gasteiger partial charge in [0.15, 0.2) is 0 Å². The molecule has 35 heavy (non-hydrogen) atoms. The number of hydrogen-bond acceptors (Lipinski definition) is 7. The molecule has 4 rings (SSSR count). The minimum Gasteiger partial charge on any atom is -0.465 e. The van der Waals surface area contributed by atoms with Crippen molar-refractivity contribution in [1.82, 2.24) is 10.2 Å². The Morgan fingerprint density at radius 2 is 1.83 bits per heavy atom. The van der Waals surface area contributed by atoms with Crippen LogP contribution in [0.3, 0.4) is 0 Å². The molecule has 8 heteroatoms. The molecule has 0 bridgehead atoms. The first-order valence-electron chi connectivity index (χ1n) is 12.1. The normalized spacial score (nSPS) is 24.7. The molecular weight excluding hydrogens is 464 g/mol. The van der Waals surface area contributed by atoms with Crippen molar-refractivity contribution in [1.29, 1.82) is 0 Å². The van der Waals surface area contributed by atoms with Crippen LogP contribution in [0.25, 0.3) is 0 Å². The van der Waals surface area contributed by atoms with Gasteiger partial charge in [-0.2, -0.15) is 0 Å². The highest BCUT2D eigenvalue weighted by atomic mass is 32.2. The number of nitrogens with zero attached hydrogens (tertiary/aromatic N) is 1. The molecular formula is C27H32N2O5S. The summed E-state index contributed by atoms with van der Waals surface area (Å²) < 4.78 is 10.8. The van der Waals surface area contributed by atoms with Gasteiger partial charge in [-0.15, -0.1) is 11.8 Å². The van der Waals surface area contributed by atoms with Crippen LogP contribution in [-0.4, -0.2) is 52.7 Å². The average molecular weight is 497 g/mol. The van der Waals surface area contributed by atoms with Crippen molar-refractivity contribution < 1.29 is 23.9 Å². The van der Waals surface area contributed by atoms with E-state index in [0.29, 0.717) is 31.6 Å². The zero-order valence-corrected chi connectivity index (χ0v) is 20.9. The zero-order valence-electron chi connectivity index (χ0n) is 20.1. The van der Waals surface area contributed by atoms with Gasteiger partial charge in [-0.3, -0.25) is 14.9 Å². The van der Waals surface area contributed by atoms with E-state index < -0.39 is 18.2 Å². The summed E-state index contributed by atoms with van der Waals surface area (Å²) in [5, 5.41) is 3.37. The van der Waals surface area contributed by atoms with Crippen molar-refractivity contribution in [3.63, 3.8) is 0 Å². The number of benzene rings is 2. The molecule has 2 heterocycles. The molecule has 2 fully saturated rings. The number of nitrogens with one attached hydrogen (secondary N) is 1. The van der Waals surface area contributed by atoms with Crippen molar-refractivity contribution >= 4 is 29.7 Å². The van der Waals surface area contributed by atoms with Gasteiger partial charge in [-0.1, -0.05) is 60.7 Å². The van der Waals surface area contributed by atoms with Crippen LogP contribution in [0.4, 0.5) is 4.79 Å². The number of imide groups is 1. The summed E-state index contributed by atoms with van der Waals surface area (Å²) in [7, 11) is 0. The van der Waals surface area contributed by atoms with E-state index in [-0.39, 0.29) is 29.2 Å². The maximum atomic E-state index is 13.7. The summed E-state index contributed by atoms with van der Waals surface area (Å²) in [6.45, 7) is 4.01. The van der Waals surface area contributed by atoms with Crippen LogP contribution in [0, 0.1) is 5.92 Å². The van der Waals surface area contributed by atoms with E-state index >= 15 is 0 Å². The third-order valence-electron chi connectivity index (χ3n) is 6.51. The van der Waals surface area contributed by atoms with Gasteiger partial charge in [-0.25, -0.2) is 9.69 Å². The predicted octanol–water partition coefficient (Wildman–Crippen LogP) is 4.33. The lowest BCUT2D eigenvalue weighted by Gasteiger charge is -2.25. The second-order valence-electron chi connectivity index (χ2n) is 8.92. The molecule has 2 aliphatic heterocycles. The monoisotopic (exact) mass is 496 g/mol. The summed E-state index contributed by atoms with van der Waals surface area (Å²) >= 11 is 1.67. The van der Waals surface area contributed by atoms with Crippen LogP contribution in [-0.2, 0) is 25.5 Å². The number of carbonyl (C=O) groups is 3. The van der Waals surface area contributed by atoms with Gasteiger partial charge >= 0.3 is 12.1 Å². The van der Waals surface area contributed by atoms with Crippen LogP contribution in [0.15, 0.2) is 60.7 Å². The summed E-state index contributed by atoms with van der Waals surface area (Å²) in [6.07, 6.45) is 0.738. The number of carbonyl (C=O) groups excluding carboxylic acids is 3. The largest absolute Gasteiger partial charge is 0.465 e. The Morgan fingerprint density at radius 1 is 1.14 bits per heavy atom. The van der Waals surface area contributed by atoms with Gasteiger partial charge in [0, 0.05) is 11.7 Å². The van der Waals surface area contributed by atoms with Gasteiger partial charge in [0.05, 0.1) is 18.0 Å². The Morgan fingerprint density at radius 3 is 2.51 bits per heavy atom. The second kappa shape index (κ2) is 11.7. The number of amides is 2. The van der Waals surface area contributed by atoms with Gasteiger partial charge in [0.1, 0.15) is 12.1 Å². The van der Waals surface area contributed by atoms with Crippen LogP contribution >= 0.6 is 11.8 Å². The van der Waals surface area contributed by atoms with Crippen LogP contribution in [0.2, 0.25) is 0 Å². The van der Waals surface area contributed by atoms with Crippen molar-refractivity contribution in [2.75, 3.05) is 12.4 Å². The van der Waals surface area contributed by atoms with Crippen molar-refractivity contribution in [3.8, 4) is 0 Å². The summed E-state index contributed by atoms with van der Waals surface area (Å²) in [5.41, 5.74) is 1.92. The molecule has 0 spiro atoms. The molecule has 2 aromatic carbocycles. The molecule has 2 aliphatic rings. The molecule has 2 saturated heterocycles. The first kappa shape index (κ1) is 25.3. The van der Waals surface area contributed by atoms with Gasteiger partial charge in [0.25, 0.3) is 0 Å². The number of ether oxygens (including phenoxy) is 2. The average Bonchev–Trinajstić information content (AvgIpc) is 3.47. The lowest BCUT2D eigenvalue weighted by Crippen LogP contribution is -2.43. The molecule has 2 aromatic rings. The van der Waals surface area contributed by atoms with E-state index in [4.69, 9.17) is 9.47 Å². The molecule has 7 nitrogen and oxygen atoms in total. The molecule has 2 amide bonds. The van der Waals surface area contributed by atoms with Crippen LogP contribution in [0.5, 0.6) is 0 Å². The fraction of sp³-hybridized carbons (Fsp3) is 0.444. The second-order valence-corrected chi connectivity index (χ2v) is 10.2. The minimum atomic E-state index is -0.592. The zero-order chi connectivity index (χ0) is 24.8. The molecule has 5 atom stereocenters. The van der Waals surface area contributed by atoms with Crippen molar-refractivity contribution in [3.05, 3.63) is 71.8 Å². The number of cyclic esters (lactones) is 1. The molecule has 1 N–H and O–H groups in total. The Balaban J connectivity index is 1.46. The van der Waals surface area contributed by atoms with Crippen molar-refractivity contribution in [2.45, 2.75) is 56.7 Å². The third kappa shape index (κ3) is 6.05. The highest BCUT2D eigenvalue weighted by Crippen LogP contribution is 2.35. The van der Waals surface area contributed by atoms with E-state index in [2.05, 4.69) is 5.32 Å². The molecule has 0 aliphatic carbocycles. The van der Waals surface area contributed by atoms with Gasteiger partial charge < -0.3 is 9.47 Å². The highest BCUT2D eigenvalue weighted by Gasteiger charge is 2.45. The number of rotatable bonds is 9. The highest BCUT2D eigenvalue weighted by molar-refractivity contribution is 8.00. The molecule has 0 unspecified atom stereocenters. The molecule has 0 saturated carbocycles. The van der Waals surface area contributed by atoms with E-state index in [9.17, 15) is 14.4 Å². The molecule has 186 valence electrons. The lowest BCUT2D eigenvalue weighted by molar-refractivity contribution is -0.145. The quantitative estimate of drug-likeness (QED) is 0.517. The Hall–Kier alpha value is -2.84. The first-order valence-corrected chi connectivity index (χ1v) is 13.2. The Kier molecular flexibility index (Phi) is 8.46. The Labute approximate surface area is 210 Å². The van der Waals surface area contributed by atoms with Crippen LogP contribution in [0.1, 0.15) is 43.9 Å². The van der Waals surface area contributed by atoms with E-state index in [1.165, 1.54) is 4.90 Å². The topological polar surface area (TPSA) is 84.9 Å². The summed E-state index contributed by atoms with van der Waals surface area (Å²) in [5.74, 6) is -0.185. The fourth-order valence-corrected chi connectivity index (χ4v) is 5.91. The first-order chi connectivity index (χ1) is 17.0. The summed E-state index contributed by atoms with van der Waals surface area (Å²) in [4.78, 5) is 39.9. The third-order valence-corrected chi connectivity index (χ3v) is 7.81. The van der Waals surface area contributed by atoms with E-state index in [1.807, 2.05) is 67.6 Å². The van der Waals surface area contributed by atoms with Crippen LogP contribution < -0.4 is 5.32 Å². The lowest BCUT2D eigenvalue weighted by atomic mass is 9.92. The van der Waals surface area contributed by atoms with E-state index in [1.54, 1.807) is 18.7 Å². The fourth-order valence-electron chi connectivity index (χ4n) is 4.68. The maximum Gasteiger partial charge on any atom is 0.417 e. The molecule has 0 radical (unpaired) electrons. The summed E-state index contributed by atoms with van der Waals surface area (Å²) in [6, 6.07) is 18.6.